The van der Waals surface area contributed by atoms with Gasteiger partial charge in [-0.1, -0.05) is 13.8 Å². The van der Waals surface area contributed by atoms with E-state index in [9.17, 15) is 24.3 Å². The molecule has 3 amide bonds. The Bertz CT molecular complexity index is 857. The average molecular weight is 463 g/mol. The van der Waals surface area contributed by atoms with Crippen LogP contribution >= 0.6 is 0 Å². The first kappa shape index (κ1) is 24.7. The largest absolute Gasteiger partial charge is 0.480 e. The number of amides is 3. The maximum atomic E-state index is 13.3. The molecule has 3 rings (SSSR count). The molecule has 0 aliphatic carbocycles. The van der Waals surface area contributed by atoms with Gasteiger partial charge in [0.2, 0.25) is 17.7 Å². The van der Waals surface area contributed by atoms with Gasteiger partial charge in [0, 0.05) is 31.4 Å². The highest BCUT2D eigenvalue weighted by molar-refractivity contribution is 5.94. The monoisotopic (exact) mass is 462 g/mol. The number of hydrogen-bond acceptors (Lipinski definition) is 6. The SMILES string of the molecule is CC(C)CC(N)C(=O)N1CCCC1C(=O)NC(Cc1cnc[nH]1)C(=O)N1CCCC1C(=O)O. The van der Waals surface area contributed by atoms with Crippen molar-refractivity contribution in [2.24, 2.45) is 11.7 Å². The van der Waals surface area contributed by atoms with Gasteiger partial charge >= 0.3 is 5.97 Å². The maximum Gasteiger partial charge on any atom is 0.326 e. The van der Waals surface area contributed by atoms with E-state index in [1.807, 2.05) is 13.8 Å². The van der Waals surface area contributed by atoms with Crippen LogP contribution in [0.5, 0.6) is 0 Å². The van der Waals surface area contributed by atoms with E-state index in [0.29, 0.717) is 50.9 Å². The van der Waals surface area contributed by atoms with Crippen LogP contribution < -0.4 is 11.1 Å². The summed E-state index contributed by atoms with van der Waals surface area (Å²) in [5.74, 6) is -1.95. The number of carbonyl (C=O) groups excluding carboxylic acids is 3. The number of nitrogens with zero attached hydrogens (tertiary/aromatic N) is 3. The van der Waals surface area contributed by atoms with Gasteiger partial charge in [0.1, 0.15) is 18.1 Å². The van der Waals surface area contributed by atoms with Crippen molar-refractivity contribution in [3.05, 3.63) is 18.2 Å². The minimum absolute atomic E-state index is 0.140. The summed E-state index contributed by atoms with van der Waals surface area (Å²) in [5.41, 5.74) is 6.71. The molecule has 11 heteroatoms. The number of aliphatic carboxylic acids is 1. The van der Waals surface area contributed by atoms with Crippen molar-refractivity contribution in [3.8, 4) is 0 Å². The zero-order valence-corrected chi connectivity index (χ0v) is 19.2. The summed E-state index contributed by atoms with van der Waals surface area (Å²) in [5, 5.41) is 12.3. The van der Waals surface area contributed by atoms with Gasteiger partial charge < -0.3 is 30.9 Å². The quantitative estimate of drug-likeness (QED) is 0.397. The molecular formula is C22H34N6O5. The highest BCUT2D eigenvalue weighted by Gasteiger charge is 2.41. The highest BCUT2D eigenvalue weighted by Crippen LogP contribution is 2.22. The molecule has 0 spiro atoms. The van der Waals surface area contributed by atoms with Gasteiger partial charge in [0.05, 0.1) is 12.4 Å². The number of rotatable bonds is 9. The summed E-state index contributed by atoms with van der Waals surface area (Å²) in [7, 11) is 0. The van der Waals surface area contributed by atoms with Crippen LogP contribution in [0.4, 0.5) is 0 Å². The first-order chi connectivity index (χ1) is 15.7. The topological polar surface area (TPSA) is 162 Å². The molecule has 11 nitrogen and oxygen atoms in total. The fourth-order valence-electron chi connectivity index (χ4n) is 4.70. The van der Waals surface area contributed by atoms with Gasteiger partial charge in [-0.2, -0.15) is 0 Å². The molecule has 182 valence electrons. The molecule has 0 saturated carbocycles. The van der Waals surface area contributed by atoms with E-state index in [1.54, 1.807) is 6.20 Å². The molecule has 0 bridgehead atoms. The number of carbonyl (C=O) groups is 4. The number of aromatic amines is 1. The maximum absolute atomic E-state index is 13.3. The second-order valence-corrected chi connectivity index (χ2v) is 9.30. The Kier molecular flexibility index (Phi) is 8.06. The van der Waals surface area contributed by atoms with Crippen LogP contribution in [-0.4, -0.2) is 85.8 Å². The van der Waals surface area contributed by atoms with E-state index < -0.39 is 42.0 Å². The lowest BCUT2D eigenvalue weighted by Gasteiger charge is -2.30. The van der Waals surface area contributed by atoms with Crippen LogP contribution in [0.1, 0.15) is 51.6 Å². The summed E-state index contributed by atoms with van der Waals surface area (Å²) in [6.07, 6.45) is 5.82. The van der Waals surface area contributed by atoms with E-state index in [0.717, 1.165) is 0 Å². The Hall–Kier alpha value is -2.95. The second kappa shape index (κ2) is 10.8. The van der Waals surface area contributed by atoms with E-state index in [2.05, 4.69) is 15.3 Å². The van der Waals surface area contributed by atoms with E-state index in [1.165, 1.54) is 16.1 Å². The molecular weight excluding hydrogens is 428 g/mol. The van der Waals surface area contributed by atoms with Crippen molar-refractivity contribution in [2.45, 2.75) is 76.5 Å². The first-order valence-corrected chi connectivity index (χ1v) is 11.6. The Morgan fingerprint density at radius 2 is 1.79 bits per heavy atom. The van der Waals surface area contributed by atoms with E-state index in [-0.39, 0.29) is 18.2 Å². The first-order valence-electron chi connectivity index (χ1n) is 11.6. The Morgan fingerprint density at radius 3 is 2.36 bits per heavy atom. The number of nitrogens with one attached hydrogen (secondary N) is 2. The minimum Gasteiger partial charge on any atom is -0.480 e. The van der Waals surface area contributed by atoms with Gasteiger partial charge in [0.15, 0.2) is 0 Å². The average Bonchev–Trinajstić information content (AvgIpc) is 3.52. The molecule has 2 saturated heterocycles. The van der Waals surface area contributed by atoms with Crippen LogP contribution in [-0.2, 0) is 25.6 Å². The van der Waals surface area contributed by atoms with Crippen LogP contribution in [0.3, 0.4) is 0 Å². The smallest absolute Gasteiger partial charge is 0.326 e. The molecule has 2 fully saturated rings. The van der Waals surface area contributed by atoms with Crippen LogP contribution in [0.15, 0.2) is 12.5 Å². The number of H-pyrrole nitrogens is 1. The number of nitrogens with two attached hydrogens (primary N) is 1. The molecule has 2 aliphatic heterocycles. The molecule has 0 aromatic carbocycles. The summed E-state index contributed by atoms with van der Waals surface area (Å²) in [6, 6.07) is -3.26. The Morgan fingerprint density at radius 1 is 1.15 bits per heavy atom. The third-order valence-corrected chi connectivity index (χ3v) is 6.30. The number of carboxylic acids is 1. The van der Waals surface area contributed by atoms with Gasteiger partial charge in [-0.05, 0) is 38.0 Å². The number of imidazole rings is 1. The number of likely N-dealkylation sites (tertiary alicyclic amines) is 2. The van der Waals surface area contributed by atoms with E-state index >= 15 is 0 Å². The molecule has 0 radical (unpaired) electrons. The molecule has 5 N–H and O–H groups in total. The lowest BCUT2D eigenvalue weighted by molar-refractivity contribution is -0.149. The minimum atomic E-state index is -1.06. The Balaban J connectivity index is 1.74. The fourth-order valence-corrected chi connectivity index (χ4v) is 4.70. The normalized spacial score (nSPS) is 22.4. The standard InChI is InChI=1S/C22H34N6O5/c1-13(2)9-15(23)20(30)27-7-3-5-17(27)19(29)26-16(10-14-11-24-12-25-14)21(31)28-8-4-6-18(28)22(32)33/h11-13,15-18H,3-10,23H2,1-2H3,(H,24,25)(H,26,29)(H,32,33). The van der Waals surface area contributed by atoms with Crippen LogP contribution in [0.2, 0.25) is 0 Å². The third kappa shape index (κ3) is 5.89. The van der Waals surface area contributed by atoms with Crippen molar-refractivity contribution < 1.29 is 24.3 Å². The van der Waals surface area contributed by atoms with Gasteiger partial charge in [0.25, 0.3) is 0 Å². The summed E-state index contributed by atoms with van der Waals surface area (Å²) in [4.78, 5) is 60.7. The van der Waals surface area contributed by atoms with Crippen molar-refractivity contribution in [3.63, 3.8) is 0 Å². The van der Waals surface area contributed by atoms with Crippen molar-refractivity contribution in [1.82, 2.24) is 25.1 Å². The number of aromatic nitrogens is 2. The van der Waals surface area contributed by atoms with Crippen LogP contribution in [0, 0.1) is 5.92 Å². The van der Waals surface area contributed by atoms with Gasteiger partial charge in [-0.3, -0.25) is 14.4 Å². The molecule has 2 aliphatic rings. The van der Waals surface area contributed by atoms with Crippen molar-refractivity contribution >= 4 is 23.7 Å². The second-order valence-electron chi connectivity index (χ2n) is 9.30. The molecule has 1 aromatic heterocycles. The third-order valence-electron chi connectivity index (χ3n) is 6.30. The zero-order valence-electron chi connectivity index (χ0n) is 19.2. The number of hydrogen-bond donors (Lipinski definition) is 4. The van der Waals surface area contributed by atoms with Gasteiger partial charge in [-0.15, -0.1) is 0 Å². The van der Waals surface area contributed by atoms with Gasteiger partial charge in [-0.25, -0.2) is 9.78 Å². The molecule has 4 unspecified atom stereocenters. The van der Waals surface area contributed by atoms with Crippen LogP contribution in [0.25, 0.3) is 0 Å². The predicted octanol–water partition coefficient (Wildman–Crippen LogP) is -0.123. The fraction of sp³-hybridized carbons (Fsp3) is 0.682. The molecule has 4 atom stereocenters. The highest BCUT2D eigenvalue weighted by atomic mass is 16.4. The van der Waals surface area contributed by atoms with Crippen molar-refractivity contribution in [2.75, 3.05) is 13.1 Å². The molecule has 3 heterocycles. The zero-order chi connectivity index (χ0) is 24.1. The molecule has 1 aromatic rings. The number of carboxylic acid groups (broad SMARTS) is 1. The summed E-state index contributed by atoms with van der Waals surface area (Å²) < 4.78 is 0. The lowest BCUT2D eigenvalue weighted by Crippen LogP contribution is -2.57. The Labute approximate surface area is 193 Å². The molecule has 33 heavy (non-hydrogen) atoms. The summed E-state index contributed by atoms with van der Waals surface area (Å²) >= 11 is 0. The van der Waals surface area contributed by atoms with E-state index in [4.69, 9.17) is 5.73 Å². The predicted molar refractivity (Wildman–Crippen MR) is 119 cm³/mol. The van der Waals surface area contributed by atoms with Crippen molar-refractivity contribution in [1.29, 1.82) is 0 Å². The summed E-state index contributed by atoms with van der Waals surface area (Å²) in [6.45, 7) is 4.73. The lowest BCUT2D eigenvalue weighted by atomic mass is 10.0.